The third-order valence-corrected chi connectivity index (χ3v) is 2.52. The van der Waals surface area contributed by atoms with Crippen LogP contribution in [0.3, 0.4) is 0 Å². The molecular formula is C9H9ClF2. The van der Waals surface area contributed by atoms with Gasteiger partial charge in [0.25, 0.3) is 0 Å². The lowest BCUT2D eigenvalue weighted by molar-refractivity contribution is 0.560. The summed E-state index contributed by atoms with van der Waals surface area (Å²) in [6, 6.07) is 0. The molecule has 0 bridgehead atoms. The molecule has 0 aliphatic rings. The Bertz CT molecular complexity index is 227. The molecule has 0 saturated heterocycles. The zero-order valence-electron chi connectivity index (χ0n) is 7.13. The second-order valence-electron chi connectivity index (χ2n) is 2.82. The van der Waals surface area contributed by atoms with Gasteiger partial charge < -0.3 is 0 Å². The average molecular weight is 191 g/mol. The smallest absolute Gasteiger partial charge is 0.147 e. The Balaban J connectivity index is 3.60. The fourth-order valence-corrected chi connectivity index (χ4v) is 1.32. The van der Waals surface area contributed by atoms with E-state index in [0.29, 0.717) is 11.1 Å². The van der Waals surface area contributed by atoms with Gasteiger partial charge in [0.05, 0.1) is 5.02 Å². The highest BCUT2D eigenvalue weighted by Crippen LogP contribution is 2.28. The standard InChI is InChI=1S/C9H9ClF2/c1-4-5(2)8(11)6(3)9(12)7(4)10/h1-3H3. The SMILES string of the molecule is Cc1c(C)c(Cl)c(F)c(C)c1F. The van der Waals surface area contributed by atoms with E-state index in [1.54, 1.807) is 13.8 Å². The number of benzene rings is 1. The van der Waals surface area contributed by atoms with Gasteiger partial charge in [0, 0.05) is 5.56 Å². The highest BCUT2D eigenvalue weighted by atomic mass is 35.5. The van der Waals surface area contributed by atoms with E-state index >= 15 is 0 Å². The van der Waals surface area contributed by atoms with Gasteiger partial charge in [0.15, 0.2) is 0 Å². The first-order chi connectivity index (χ1) is 5.46. The van der Waals surface area contributed by atoms with Crippen molar-refractivity contribution in [3.05, 3.63) is 33.3 Å². The number of halogens is 3. The fraction of sp³-hybridized carbons (Fsp3) is 0.333. The van der Waals surface area contributed by atoms with Crippen LogP contribution in [0.2, 0.25) is 5.02 Å². The molecule has 0 fully saturated rings. The average Bonchev–Trinajstić information content (AvgIpc) is 2.08. The minimum absolute atomic E-state index is 0.0110. The van der Waals surface area contributed by atoms with Crippen molar-refractivity contribution < 1.29 is 8.78 Å². The summed E-state index contributed by atoms with van der Waals surface area (Å²) in [6.45, 7) is 4.56. The Morgan fingerprint density at radius 2 is 1.33 bits per heavy atom. The molecule has 0 aliphatic heterocycles. The van der Waals surface area contributed by atoms with Crippen LogP contribution >= 0.6 is 11.6 Å². The topological polar surface area (TPSA) is 0 Å². The van der Waals surface area contributed by atoms with E-state index in [-0.39, 0.29) is 10.6 Å². The summed E-state index contributed by atoms with van der Waals surface area (Å²) < 4.78 is 26.2. The van der Waals surface area contributed by atoms with E-state index in [9.17, 15) is 8.78 Å². The van der Waals surface area contributed by atoms with Crippen LogP contribution in [-0.2, 0) is 0 Å². The monoisotopic (exact) mass is 190 g/mol. The first-order valence-corrected chi connectivity index (χ1v) is 3.94. The summed E-state index contributed by atoms with van der Waals surface area (Å²) >= 11 is 5.62. The maximum atomic E-state index is 13.1. The van der Waals surface area contributed by atoms with Crippen LogP contribution in [0.5, 0.6) is 0 Å². The molecule has 1 aromatic rings. The van der Waals surface area contributed by atoms with Crippen molar-refractivity contribution in [2.75, 3.05) is 0 Å². The largest absolute Gasteiger partial charge is 0.206 e. The van der Waals surface area contributed by atoms with Crippen molar-refractivity contribution in [2.24, 2.45) is 0 Å². The predicted octanol–water partition coefficient (Wildman–Crippen LogP) is 3.54. The first-order valence-electron chi connectivity index (χ1n) is 3.57. The molecule has 0 radical (unpaired) electrons. The quantitative estimate of drug-likeness (QED) is 0.549. The number of hydrogen-bond donors (Lipinski definition) is 0. The molecule has 1 rings (SSSR count). The van der Waals surface area contributed by atoms with E-state index in [2.05, 4.69) is 0 Å². The second kappa shape index (κ2) is 3.02. The second-order valence-corrected chi connectivity index (χ2v) is 3.19. The van der Waals surface area contributed by atoms with Crippen molar-refractivity contribution in [2.45, 2.75) is 20.8 Å². The predicted molar refractivity (Wildman–Crippen MR) is 45.6 cm³/mol. The Kier molecular flexibility index (Phi) is 2.38. The van der Waals surface area contributed by atoms with Gasteiger partial charge in [-0.3, -0.25) is 0 Å². The van der Waals surface area contributed by atoms with Gasteiger partial charge in [-0.15, -0.1) is 0 Å². The summed E-state index contributed by atoms with van der Waals surface area (Å²) in [5, 5.41) is 0.0198. The van der Waals surface area contributed by atoms with Crippen LogP contribution in [0.25, 0.3) is 0 Å². The molecule has 0 unspecified atom stereocenters. The van der Waals surface area contributed by atoms with Gasteiger partial charge in [-0.1, -0.05) is 11.6 Å². The fourth-order valence-electron chi connectivity index (χ4n) is 1.04. The van der Waals surface area contributed by atoms with Gasteiger partial charge in [-0.25, -0.2) is 8.78 Å². The third kappa shape index (κ3) is 1.20. The van der Waals surface area contributed by atoms with Gasteiger partial charge in [-0.05, 0) is 31.9 Å². The van der Waals surface area contributed by atoms with Crippen LogP contribution in [-0.4, -0.2) is 0 Å². The molecule has 0 heterocycles. The molecule has 1 aromatic carbocycles. The number of rotatable bonds is 0. The highest BCUT2D eigenvalue weighted by molar-refractivity contribution is 6.31. The van der Waals surface area contributed by atoms with Crippen molar-refractivity contribution in [1.29, 1.82) is 0 Å². The normalized spacial score (nSPS) is 10.5. The van der Waals surface area contributed by atoms with E-state index in [4.69, 9.17) is 11.6 Å². The molecule has 3 heteroatoms. The Morgan fingerprint density at radius 3 is 1.83 bits per heavy atom. The lowest BCUT2D eigenvalue weighted by Gasteiger charge is -2.08. The minimum Gasteiger partial charge on any atom is -0.206 e. The molecule has 0 aromatic heterocycles. The molecule has 0 atom stereocenters. The molecule has 0 N–H and O–H groups in total. The van der Waals surface area contributed by atoms with Crippen molar-refractivity contribution >= 4 is 11.6 Å². The van der Waals surface area contributed by atoms with E-state index in [0.717, 1.165) is 0 Å². The minimum atomic E-state index is -0.655. The first kappa shape index (κ1) is 9.46. The summed E-state index contributed by atoms with van der Waals surface area (Å²) in [7, 11) is 0. The molecular weight excluding hydrogens is 182 g/mol. The summed E-state index contributed by atoms with van der Waals surface area (Å²) in [6.07, 6.45) is 0. The molecule has 0 amide bonds. The highest BCUT2D eigenvalue weighted by Gasteiger charge is 2.15. The van der Waals surface area contributed by atoms with Crippen molar-refractivity contribution in [3.8, 4) is 0 Å². The molecule has 0 aliphatic carbocycles. The summed E-state index contributed by atoms with van der Waals surface area (Å²) in [4.78, 5) is 0. The maximum absolute atomic E-state index is 13.1. The lowest BCUT2D eigenvalue weighted by atomic mass is 10.1. The lowest BCUT2D eigenvalue weighted by Crippen LogP contribution is -1.97. The zero-order chi connectivity index (χ0) is 9.46. The van der Waals surface area contributed by atoms with Gasteiger partial charge >= 0.3 is 0 Å². The Hall–Kier alpha value is -0.630. The van der Waals surface area contributed by atoms with E-state index < -0.39 is 11.6 Å². The van der Waals surface area contributed by atoms with Crippen LogP contribution in [0.15, 0.2) is 0 Å². The number of hydrogen-bond acceptors (Lipinski definition) is 0. The van der Waals surface area contributed by atoms with Crippen LogP contribution in [0.1, 0.15) is 16.7 Å². The molecule has 0 spiro atoms. The van der Waals surface area contributed by atoms with E-state index in [1.165, 1.54) is 6.92 Å². The van der Waals surface area contributed by atoms with Crippen LogP contribution in [0.4, 0.5) is 8.78 Å². The molecule has 66 valence electrons. The van der Waals surface area contributed by atoms with Crippen molar-refractivity contribution in [3.63, 3.8) is 0 Å². The van der Waals surface area contributed by atoms with Gasteiger partial charge in [0.1, 0.15) is 11.6 Å². The van der Waals surface area contributed by atoms with Crippen LogP contribution < -0.4 is 0 Å². The van der Waals surface area contributed by atoms with Crippen LogP contribution in [0, 0.1) is 32.4 Å². The Labute approximate surface area is 75.2 Å². The van der Waals surface area contributed by atoms with E-state index in [1.807, 2.05) is 0 Å². The maximum Gasteiger partial charge on any atom is 0.147 e. The van der Waals surface area contributed by atoms with Gasteiger partial charge in [0.2, 0.25) is 0 Å². The molecule has 0 nitrogen and oxygen atoms in total. The Morgan fingerprint density at radius 1 is 0.833 bits per heavy atom. The van der Waals surface area contributed by atoms with Gasteiger partial charge in [-0.2, -0.15) is 0 Å². The zero-order valence-corrected chi connectivity index (χ0v) is 7.89. The summed E-state index contributed by atoms with van der Waals surface area (Å²) in [5.41, 5.74) is 0.874. The molecule has 0 saturated carbocycles. The van der Waals surface area contributed by atoms with Crippen molar-refractivity contribution in [1.82, 2.24) is 0 Å². The third-order valence-electron chi connectivity index (χ3n) is 2.07. The molecule has 12 heavy (non-hydrogen) atoms. The summed E-state index contributed by atoms with van der Waals surface area (Å²) in [5.74, 6) is -1.16.